The topological polar surface area (TPSA) is 46.2 Å². The Hall–Kier alpha value is -0.730. The smallest absolute Gasteiger partial charge is 0.116 e. The summed E-state index contributed by atoms with van der Waals surface area (Å²) < 4.78 is 0. The van der Waals surface area contributed by atoms with Gasteiger partial charge in [-0.15, -0.1) is 0 Å². The van der Waals surface area contributed by atoms with E-state index in [0.29, 0.717) is 18.4 Å². The van der Waals surface area contributed by atoms with Crippen LogP contribution in [0.5, 0.6) is 5.75 Å². The van der Waals surface area contributed by atoms with Gasteiger partial charge in [-0.2, -0.15) is 0 Å². The van der Waals surface area contributed by atoms with Crippen molar-refractivity contribution >= 4 is 11.6 Å². The minimum atomic E-state index is 0.277. The van der Waals surface area contributed by atoms with Gasteiger partial charge in [0.1, 0.15) is 5.75 Å². The van der Waals surface area contributed by atoms with Gasteiger partial charge in [-0.25, -0.2) is 0 Å². The molecule has 0 aliphatic heterocycles. The molecule has 0 saturated heterocycles. The molecule has 0 aliphatic rings. The molecule has 3 heteroatoms. The molecule has 1 rings (SSSR count). The van der Waals surface area contributed by atoms with Crippen molar-refractivity contribution in [2.24, 2.45) is 11.7 Å². The summed E-state index contributed by atoms with van der Waals surface area (Å²) in [5, 5.41) is 10.4. The van der Waals surface area contributed by atoms with Gasteiger partial charge in [0.15, 0.2) is 0 Å². The summed E-state index contributed by atoms with van der Waals surface area (Å²) in [6, 6.07) is 3.45. The lowest BCUT2D eigenvalue weighted by atomic mass is 9.85. The minimum Gasteiger partial charge on any atom is -0.508 e. The number of halogens is 1. The maximum atomic E-state index is 9.63. The minimum absolute atomic E-state index is 0.277. The van der Waals surface area contributed by atoms with Crippen LogP contribution < -0.4 is 5.73 Å². The quantitative estimate of drug-likeness (QED) is 0.848. The standard InChI is InChI=1S/C13H20ClNO/c1-8(2)11(4-5-15)12-7-10(16)6-9(3)13(12)14/h6-8,11,16H,4-5,15H2,1-3H3. The molecule has 0 aliphatic carbocycles. The number of phenols is 1. The molecule has 0 radical (unpaired) electrons. The molecule has 3 N–H and O–H groups in total. The highest BCUT2D eigenvalue weighted by atomic mass is 35.5. The Balaban J connectivity index is 3.17. The average Bonchev–Trinajstić information content (AvgIpc) is 2.20. The van der Waals surface area contributed by atoms with E-state index >= 15 is 0 Å². The molecule has 1 unspecified atom stereocenters. The van der Waals surface area contributed by atoms with Crippen molar-refractivity contribution in [1.29, 1.82) is 0 Å². The van der Waals surface area contributed by atoms with Gasteiger partial charge in [-0.1, -0.05) is 25.4 Å². The van der Waals surface area contributed by atoms with E-state index in [1.165, 1.54) is 0 Å². The van der Waals surface area contributed by atoms with Gasteiger partial charge >= 0.3 is 0 Å². The molecule has 1 aromatic rings. The molecule has 16 heavy (non-hydrogen) atoms. The second-order valence-electron chi connectivity index (χ2n) is 4.59. The van der Waals surface area contributed by atoms with Crippen molar-refractivity contribution in [3.63, 3.8) is 0 Å². The molecule has 0 saturated carbocycles. The molecular formula is C13H20ClNO. The number of nitrogens with two attached hydrogens (primary N) is 1. The molecule has 0 bridgehead atoms. The molecule has 2 nitrogen and oxygen atoms in total. The van der Waals surface area contributed by atoms with E-state index < -0.39 is 0 Å². The van der Waals surface area contributed by atoms with Crippen LogP contribution in [-0.2, 0) is 0 Å². The van der Waals surface area contributed by atoms with Crippen LogP contribution in [0.1, 0.15) is 37.3 Å². The first-order valence-electron chi connectivity index (χ1n) is 5.66. The van der Waals surface area contributed by atoms with Crippen molar-refractivity contribution in [3.05, 3.63) is 28.3 Å². The second-order valence-corrected chi connectivity index (χ2v) is 4.97. The molecule has 0 amide bonds. The predicted octanol–water partition coefficient (Wildman–Crippen LogP) is 3.44. The fraction of sp³-hybridized carbons (Fsp3) is 0.538. The Labute approximate surface area is 102 Å². The van der Waals surface area contributed by atoms with E-state index in [-0.39, 0.29) is 5.75 Å². The summed E-state index contributed by atoms with van der Waals surface area (Å²) in [6.45, 7) is 6.84. The first kappa shape index (κ1) is 13.3. The van der Waals surface area contributed by atoms with Crippen molar-refractivity contribution < 1.29 is 5.11 Å². The Bertz CT molecular complexity index is 363. The van der Waals surface area contributed by atoms with Crippen LogP contribution in [0.4, 0.5) is 0 Å². The average molecular weight is 242 g/mol. The van der Waals surface area contributed by atoms with Crippen LogP contribution in [0.2, 0.25) is 5.02 Å². The highest BCUT2D eigenvalue weighted by Crippen LogP contribution is 2.36. The Morgan fingerprint density at radius 2 is 2.00 bits per heavy atom. The van der Waals surface area contributed by atoms with E-state index in [1.807, 2.05) is 6.92 Å². The predicted molar refractivity (Wildman–Crippen MR) is 69.1 cm³/mol. The zero-order chi connectivity index (χ0) is 12.3. The van der Waals surface area contributed by atoms with E-state index in [1.54, 1.807) is 12.1 Å². The van der Waals surface area contributed by atoms with Gasteiger partial charge in [0, 0.05) is 5.02 Å². The summed E-state index contributed by atoms with van der Waals surface area (Å²) in [5.41, 5.74) is 7.55. The summed E-state index contributed by atoms with van der Waals surface area (Å²) in [7, 11) is 0. The third kappa shape index (κ3) is 2.89. The normalized spacial score (nSPS) is 13.1. The van der Waals surface area contributed by atoms with E-state index in [0.717, 1.165) is 22.6 Å². The van der Waals surface area contributed by atoms with Crippen molar-refractivity contribution in [1.82, 2.24) is 0 Å². The van der Waals surface area contributed by atoms with Crippen molar-refractivity contribution in [3.8, 4) is 5.75 Å². The molecule has 90 valence electrons. The van der Waals surface area contributed by atoms with E-state index in [9.17, 15) is 5.11 Å². The zero-order valence-corrected chi connectivity index (χ0v) is 10.9. The molecule has 1 aromatic carbocycles. The summed E-state index contributed by atoms with van der Waals surface area (Å²) in [6.07, 6.45) is 0.889. The van der Waals surface area contributed by atoms with E-state index in [2.05, 4.69) is 13.8 Å². The highest BCUT2D eigenvalue weighted by Gasteiger charge is 2.19. The van der Waals surface area contributed by atoms with Crippen molar-refractivity contribution in [2.45, 2.75) is 33.1 Å². The molecular weight excluding hydrogens is 222 g/mol. The SMILES string of the molecule is Cc1cc(O)cc(C(CCN)C(C)C)c1Cl. The molecule has 0 heterocycles. The summed E-state index contributed by atoms with van der Waals surface area (Å²) in [5.74, 6) is 1.05. The number of aryl methyl sites for hydroxylation is 1. The largest absolute Gasteiger partial charge is 0.508 e. The molecule has 0 fully saturated rings. The Morgan fingerprint density at radius 1 is 1.38 bits per heavy atom. The van der Waals surface area contributed by atoms with Crippen LogP contribution in [-0.4, -0.2) is 11.7 Å². The molecule has 0 aromatic heterocycles. The van der Waals surface area contributed by atoms with Gasteiger partial charge < -0.3 is 10.8 Å². The molecule has 1 atom stereocenters. The number of aromatic hydroxyl groups is 1. The van der Waals surface area contributed by atoms with Crippen LogP contribution in [0.3, 0.4) is 0 Å². The lowest BCUT2D eigenvalue weighted by Crippen LogP contribution is -2.13. The summed E-state index contributed by atoms with van der Waals surface area (Å²) in [4.78, 5) is 0. The van der Waals surface area contributed by atoms with E-state index in [4.69, 9.17) is 17.3 Å². The maximum absolute atomic E-state index is 9.63. The van der Waals surface area contributed by atoms with Crippen LogP contribution in [0.15, 0.2) is 12.1 Å². The highest BCUT2D eigenvalue weighted by molar-refractivity contribution is 6.32. The lowest BCUT2D eigenvalue weighted by Gasteiger charge is -2.22. The second kappa shape index (κ2) is 5.55. The number of benzene rings is 1. The monoisotopic (exact) mass is 241 g/mol. The summed E-state index contributed by atoms with van der Waals surface area (Å²) >= 11 is 6.29. The van der Waals surface area contributed by atoms with Crippen LogP contribution in [0, 0.1) is 12.8 Å². The third-order valence-electron chi connectivity index (χ3n) is 2.95. The maximum Gasteiger partial charge on any atom is 0.116 e. The Kier molecular flexibility index (Phi) is 4.63. The lowest BCUT2D eigenvalue weighted by molar-refractivity contribution is 0.457. The number of phenolic OH excluding ortho intramolecular Hbond substituents is 1. The van der Waals surface area contributed by atoms with Gasteiger partial charge in [0.2, 0.25) is 0 Å². The number of hydrogen-bond acceptors (Lipinski definition) is 2. The fourth-order valence-electron chi connectivity index (χ4n) is 2.07. The van der Waals surface area contributed by atoms with Crippen molar-refractivity contribution in [2.75, 3.05) is 6.54 Å². The number of rotatable bonds is 4. The van der Waals surface area contributed by atoms with Gasteiger partial charge in [0.05, 0.1) is 0 Å². The zero-order valence-electron chi connectivity index (χ0n) is 10.1. The molecule has 0 spiro atoms. The van der Waals surface area contributed by atoms with Crippen LogP contribution in [0.25, 0.3) is 0 Å². The number of hydrogen-bond donors (Lipinski definition) is 2. The van der Waals surface area contributed by atoms with Crippen LogP contribution >= 0.6 is 11.6 Å². The first-order chi connectivity index (χ1) is 7.47. The fourth-order valence-corrected chi connectivity index (χ4v) is 2.32. The van der Waals surface area contributed by atoms with Gasteiger partial charge in [-0.05, 0) is 55.0 Å². The Morgan fingerprint density at radius 3 is 2.50 bits per heavy atom. The van der Waals surface area contributed by atoms with Gasteiger partial charge in [-0.3, -0.25) is 0 Å². The first-order valence-corrected chi connectivity index (χ1v) is 6.04. The third-order valence-corrected chi connectivity index (χ3v) is 3.47. The van der Waals surface area contributed by atoms with Gasteiger partial charge in [0.25, 0.3) is 0 Å².